The molecule has 0 bridgehead atoms. The van der Waals surface area contributed by atoms with Gasteiger partial charge in [-0.25, -0.2) is 13.6 Å². The monoisotopic (exact) mass is 436 g/mol. The fraction of sp³-hybridized carbons (Fsp3) is 0.333. The summed E-state index contributed by atoms with van der Waals surface area (Å²) >= 11 is 5.54. The van der Waals surface area contributed by atoms with E-state index < -0.39 is 20.5 Å². The number of thiocarbonyl (C=S) groups is 1. The number of anilines is 1. The second-order valence-corrected chi connectivity index (χ2v) is 9.36. The van der Waals surface area contributed by atoms with E-state index in [-0.39, 0.29) is 35.4 Å². The molecule has 0 saturated carbocycles. The third kappa shape index (κ3) is 3.80. The summed E-state index contributed by atoms with van der Waals surface area (Å²) in [6, 6.07) is 9.60. The van der Waals surface area contributed by atoms with Gasteiger partial charge in [0, 0.05) is 18.0 Å². The van der Waals surface area contributed by atoms with Gasteiger partial charge in [0.2, 0.25) is 10.0 Å². The first-order valence-corrected chi connectivity index (χ1v) is 10.9. The average Bonchev–Trinajstić information content (AvgIpc) is 2.79. The number of nitrogens with zero attached hydrogens (tertiary/aromatic N) is 3. The number of sulfonamides is 1. The molecule has 0 aromatic heterocycles. The first-order valence-electron chi connectivity index (χ1n) is 8.78. The van der Waals surface area contributed by atoms with Crippen LogP contribution in [0.2, 0.25) is 0 Å². The maximum Gasteiger partial charge on any atom is 0.277 e. The van der Waals surface area contributed by atoms with E-state index in [0.29, 0.717) is 16.5 Å². The molecule has 0 aliphatic carbocycles. The third-order valence-corrected chi connectivity index (χ3v) is 6.21. The van der Waals surface area contributed by atoms with E-state index in [1.807, 2.05) is 0 Å². The van der Waals surface area contributed by atoms with Crippen molar-refractivity contribution in [2.75, 3.05) is 17.2 Å². The number of nitro benzene ring substituents is 1. The molecule has 0 unspecified atom stereocenters. The fourth-order valence-corrected chi connectivity index (χ4v) is 4.50. The van der Waals surface area contributed by atoms with Gasteiger partial charge in [-0.15, -0.1) is 0 Å². The number of nitro groups is 1. The molecule has 9 nitrogen and oxygen atoms in total. The normalized spacial score (nSPS) is 16.7. The van der Waals surface area contributed by atoms with Crippen LogP contribution in [0, 0.1) is 10.1 Å². The van der Waals surface area contributed by atoms with E-state index in [1.165, 1.54) is 17.0 Å². The highest BCUT2D eigenvalue weighted by Gasteiger charge is 2.49. The van der Waals surface area contributed by atoms with Crippen LogP contribution in [0.4, 0.5) is 11.4 Å². The van der Waals surface area contributed by atoms with Crippen LogP contribution in [0.1, 0.15) is 20.3 Å². The van der Waals surface area contributed by atoms with Crippen LogP contribution in [-0.4, -0.2) is 47.1 Å². The Labute approximate surface area is 173 Å². The summed E-state index contributed by atoms with van der Waals surface area (Å²) in [5.41, 5.74) is -0.618. The maximum atomic E-state index is 13.2. The highest BCUT2D eigenvalue weighted by molar-refractivity contribution is 7.89. The molecular formula is C18H20N4O5S2. The predicted octanol–water partition coefficient (Wildman–Crippen LogP) is 2.14. The average molecular weight is 437 g/mol. The number of primary sulfonamides is 1. The van der Waals surface area contributed by atoms with Gasteiger partial charge in [-0.3, -0.25) is 19.8 Å². The molecule has 1 saturated heterocycles. The Morgan fingerprint density at radius 1 is 1.17 bits per heavy atom. The molecule has 1 aliphatic rings. The summed E-state index contributed by atoms with van der Waals surface area (Å²) in [7, 11) is -3.62. The van der Waals surface area contributed by atoms with E-state index in [0.717, 1.165) is 0 Å². The number of hydrogen-bond donors (Lipinski definition) is 1. The van der Waals surface area contributed by atoms with Gasteiger partial charge >= 0.3 is 0 Å². The quantitative estimate of drug-likeness (QED) is 0.417. The van der Waals surface area contributed by atoms with Gasteiger partial charge in [-0.05, 0) is 44.6 Å². The topological polar surface area (TPSA) is 127 Å². The third-order valence-electron chi connectivity index (χ3n) is 4.95. The van der Waals surface area contributed by atoms with E-state index in [2.05, 4.69) is 0 Å². The zero-order chi connectivity index (χ0) is 21.6. The van der Waals surface area contributed by atoms with Crippen LogP contribution in [-0.2, 0) is 14.8 Å². The van der Waals surface area contributed by atoms with Crippen molar-refractivity contribution in [3.8, 4) is 0 Å². The number of non-ortho nitro benzene ring substituents is 1. The van der Waals surface area contributed by atoms with Gasteiger partial charge in [0.15, 0.2) is 5.11 Å². The first-order chi connectivity index (χ1) is 13.4. The van der Waals surface area contributed by atoms with Crippen molar-refractivity contribution >= 4 is 55.4 Å². The van der Waals surface area contributed by atoms with Gasteiger partial charge in [0.1, 0.15) is 5.54 Å². The van der Waals surface area contributed by atoms with E-state index in [1.54, 1.807) is 43.0 Å². The molecule has 1 amide bonds. The number of amides is 1. The van der Waals surface area contributed by atoms with Crippen LogP contribution >= 0.6 is 12.2 Å². The minimum atomic E-state index is -3.62. The summed E-state index contributed by atoms with van der Waals surface area (Å²) < 4.78 is 22.5. The van der Waals surface area contributed by atoms with Crippen molar-refractivity contribution in [2.45, 2.75) is 25.8 Å². The molecule has 154 valence electrons. The summed E-state index contributed by atoms with van der Waals surface area (Å²) in [5, 5.41) is 17.6. The smallest absolute Gasteiger partial charge is 0.277 e. The van der Waals surface area contributed by atoms with E-state index in [9.17, 15) is 23.3 Å². The molecule has 0 spiro atoms. The Bertz CT molecular complexity index is 1130. The van der Waals surface area contributed by atoms with Gasteiger partial charge in [-0.1, -0.05) is 18.2 Å². The first kappa shape index (κ1) is 21.1. The second-order valence-electron chi connectivity index (χ2n) is 7.26. The Balaban J connectivity index is 2.04. The van der Waals surface area contributed by atoms with Gasteiger partial charge in [-0.2, -0.15) is 0 Å². The lowest BCUT2D eigenvalue weighted by Crippen LogP contribution is -2.45. The molecule has 2 aromatic rings. The number of hydrogen-bond acceptors (Lipinski definition) is 6. The van der Waals surface area contributed by atoms with Crippen molar-refractivity contribution in [1.82, 2.24) is 4.90 Å². The largest absolute Gasteiger partial charge is 0.334 e. The maximum absolute atomic E-state index is 13.2. The lowest BCUT2D eigenvalue weighted by atomic mass is 10.0. The van der Waals surface area contributed by atoms with Crippen LogP contribution < -0.4 is 10.0 Å². The Morgan fingerprint density at radius 2 is 1.79 bits per heavy atom. The summed E-state index contributed by atoms with van der Waals surface area (Å²) in [4.78, 5) is 27.1. The molecule has 11 heteroatoms. The Kier molecular flexibility index (Phi) is 5.32. The van der Waals surface area contributed by atoms with Crippen LogP contribution in [0.25, 0.3) is 10.8 Å². The summed E-state index contributed by atoms with van der Waals surface area (Å²) in [5.74, 6) is -0.520. The molecule has 1 aliphatic heterocycles. The van der Waals surface area contributed by atoms with Gasteiger partial charge < -0.3 is 4.90 Å². The zero-order valence-corrected chi connectivity index (χ0v) is 17.5. The molecule has 3 rings (SSSR count). The highest BCUT2D eigenvalue weighted by Crippen LogP contribution is 2.38. The number of fused-ring (bicyclic) bond motifs is 1. The molecule has 2 aromatic carbocycles. The van der Waals surface area contributed by atoms with Crippen LogP contribution in [0.3, 0.4) is 0 Å². The van der Waals surface area contributed by atoms with E-state index >= 15 is 0 Å². The van der Waals surface area contributed by atoms with Crippen molar-refractivity contribution in [2.24, 2.45) is 5.14 Å². The highest BCUT2D eigenvalue weighted by atomic mass is 32.2. The van der Waals surface area contributed by atoms with Crippen molar-refractivity contribution < 1.29 is 18.1 Å². The summed E-state index contributed by atoms with van der Waals surface area (Å²) in [6.45, 7) is 3.63. The molecule has 1 fully saturated rings. The molecule has 1 heterocycles. The lowest BCUT2D eigenvalue weighted by molar-refractivity contribution is -0.383. The molecule has 0 radical (unpaired) electrons. The number of carbonyl (C=O) groups is 1. The standard InChI is InChI=1S/C18H20N4O5S2/c1-18(2)16(23)21(17(28)20(18)10-5-11-29(19,26)27)14-8-9-15(22(24)25)13-7-4-3-6-12(13)14/h3-4,6-9H,5,10-11H2,1-2H3,(H2,19,26,27). The number of carbonyl (C=O) groups excluding carboxylic acids is 1. The second kappa shape index (κ2) is 7.32. The van der Waals surface area contributed by atoms with Crippen molar-refractivity contribution in [3.05, 3.63) is 46.5 Å². The zero-order valence-electron chi connectivity index (χ0n) is 15.9. The molecule has 0 atom stereocenters. The van der Waals surface area contributed by atoms with E-state index in [4.69, 9.17) is 17.4 Å². The molecule has 2 N–H and O–H groups in total. The Morgan fingerprint density at radius 3 is 2.38 bits per heavy atom. The fourth-order valence-electron chi connectivity index (χ4n) is 3.47. The van der Waals surface area contributed by atoms with Crippen LogP contribution in [0.15, 0.2) is 36.4 Å². The van der Waals surface area contributed by atoms with Crippen LogP contribution in [0.5, 0.6) is 0 Å². The minimum Gasteiger partial charge on any atom is -0.334 e. The number of rotatable bonds is 6. The van der Waals surface area contributed by atoms with Gasteiger partial charge in [0.05, 0.1) is 21.7 Å². The van der Waals surface area contributed by atoms with Crippen molar-refractivity contribution in [3.63, 3.8) is 0 Å². The van der Waals surface area contributed by atoms with Crippen molar-refractivity contribution in [1.29, 1.82) is 0 Å². The number of benzene rings is 2. The number of nitrogens with two attached hydrogens (primary N) is 1. The minimum absolute atomic E-state index is 0.0637. The molecular weight excluding hydrogens is 416 g/mol. The lowest BCUT2D eigenvalue weighted by Gasteiger charge is -2.29. The summed E-state index contributed by atoms with van der Waals surface area (Å²) in [6.07, 6.45) is 0.213. The molecule has 29 heavy (non-hydrogen) atoms. The predicted molar refractivity (Wildman–Crippen MR) is 114 cm³/mol. The SMILES string of the molecule is CC1(C)C(=O)N(c2ccc([N+](=O)[O-])c3ccccc23)C(=S)N1CCCS(N)(=O)=O. The Hall–Kier alpha value is -2.63. The van der Waals surface area contributed by atoms with Gasteiger partial charge in [0.25, 0.3) is 11.6 Å².